The average Bonchev–Trinajstić information content (AvgIpc) is 2.86. The van der Waals surface area contributed by atoms with Gasteiger partial charge in [0.05, 0.1) is 19.4 Å². The Morgan fingerprint density at radius 3 is 2.68 bits per heavy atom. The molecule has 0 radical (unpaired) electrons. The van der Waals surface area contributed by atoms with Crippen LogP contribution < -0.4 is 15.4 Å². The summed E-state index contributed by atoms with van der Waals surface area (Å²) < 4.78 is 10.7. The Bertz CT molecular complexity index is 612. The molecule has 0 aromatic heterocycles. The number of hydrogen-bond acceptors (Lipinski definition) is 5. The average molecular weight is 347 g/mol. The fraction of sp³-hybridized carbons (Fsp3) is 0.632. The van der Waals surface area contributed by atoms with E-state index in [1.165, 1.54) is 11.3 Å². The first kappa shape index (κ1) is 17.7. The standard InChI is InChI=1S/C19H29N3O3/c1-3-14-12-16(20)18(24-2)13-17(14)21-9-6-15(7-10-21)22-8-4-5-11-25-19(22)23/h12-13,15H,3-11,20H2,1-2H3. The van der Waals surface area contributed by atoms with Crippen LogP contribution in [-0.2, 0) is 11.2 Å². The second-order valence-electron chi connectivity index (χ2n) is 6.81. The van der Waals surface area contributed by atoms with Gasteiger partial charge in [-0.2, -0.15) is 0 Å². The summed E-state index contributed by atoms with van der Waals surface area (Å²) in [5, 5.41) is 0. The number of ether oxygens (including phenoxy) is 2. The van der Waals surface area contributed by atoms with E-state index in [2.05, 4.69) is 17.9 Å². The number of benzene rings is 1. The number of aryl methyl sites for hydroxylation is 1. The third-order valence-electron chi connectivity index (χ3n) is 5.31. The molecule has 2 N–H and O–H groups in total. The van der Waals surface area contributed by atoms with Crippen LogP contribution in [0.5, 0.6) is 5.75 Å². The lowest BCUT2D eigenvalue weighted by Crippen LogP contribution is -2.47. The number of hydrogen-bond donors (Lipinski definition) is 1. The molecule has 3 rings (SSSR count). The minimum Gasteiger partial charge on any atom is -0.495 e. The molecule has 2 aliphatic heterocycles. The van der Waals surface area contributed by atoms with Crippen LogP contribution in [0.2, 0.25) is 0 Å². The van der Waals surface area contributed by atoms with Gasteiger partial charge in [-0.05, 0) is 43.7 Å². The molecule has 0 spiro atoms. The summed E-state index contributed by atoms with van der Waals surface area (Å²) in [6, 6.07) is 4.35. The fourth-order valence-corrected chi connectivity index (χ4v) is 3.86. The lowest BCUT2D eigenvalue weighted by Gasteiger charge is -2.39. The Balaban J connectivity index is 1.70. The van der Waals surface area contributed by atoms with Gasteiger partial charge in [-0.1, -0.05) is 6.92 Å². The predicted molar refractivity (Wildman–Crippen MR) is 99.3 cm³/mol. The van der Waals surface area contributed by atoms with Gasteiger partial charge in [0.1, 0.15) is 5.75 Å². The van der Waals surface area contributed by atoms with Crippen LogP contribution in [0.25, 0.3) is 0 Å². The number of carbonyl (C=O) groups is 1. The number of nitrogen functional groups attached to an aromatic ring is 1. The van der Waals surface area contributed by atoms with E-state index < -0.39 is 0 Å². The molecule has 0 atom stereocenters. The topological polar surface area (TPSA) is 68.0 Å². The van der Waals surface area contributed by atoms with Crippen molar-refractivity contribution in [1.82, 2.24) is 4.90 Å². The van der Waals surface area contributed by atoms with Crippen molar-refractivity contribution in [3.63, 3.8) is 0 Å². The molecule has 6 heteroatoms. The van der Waals surface area contributed by atoms with Crippen molar-refractivity contribution in [2.75, 3.05) is 44.0 Å². The quantitative estimate of drug-likeness (QED) is 0.848. The fourth-order valence-electron chi connectivity index (χ4n) is 3.86. The van der Waals surface area contributed by atoms with Crippen molar-refractivity contribution in [3.05, 3.63) is 17.7 Å². The second-order valence-corrected chi connectivity index (χ2v) is 6.81. The van der Waals surface area contributed by atoms with E-state index in [1.54, 1.807) is 7.11 Å². The highest BCUT2D eigenvalue weighted by Crippen LogP contribution is 2.34. The summed E-state index contributed by atoms with van der Waals surface area (Å²) in [6.07, 6.45) is 4.71. The third kappa shape index (κ3) is 3.78. The highest BCUT2D eigenvalue weighted by Gasteiger charge is 2.30. The van der Waals surface area contributed by atoms with Gasteiger partial charge in [-0.25, -0.2) is 4.79 Å². The van der Waals surface area contributed by atoms with Crippen LogP contribution in [0.15, 0.2) is 12.1 Å². The molecule has 25 heavy (non-hydrogen) atoms. The molecule has 6 nitrogen and oxygen atoms in total. The molecule has 138 valence electrons. The van der Waals surface area contributed by atoms with Crippen molar-refractivity contribution in [2.24, 2.45) is 0 Å². The van der Waals surface area contributed by atoms with Crippen LogP contribution in [-0.4, -0.2) is 50.4 Å². The Morgan fingerprint density at radius 1 is 1.24 bits per heavy atom. The Kier molecular flexibility index (Phi) is 5.56. The molecule has 2 fully saturated rings. The SMILES string of the molecule is CCc1cc(N)c(OC)cc1N1CCC(N2CCCCOC2=O)CC1. The molecule has 1 amide bonds. The van der Waals surface area contributed by atoms with E-state index in [9.17, 15) is 4.79 Å². The van der Waals surface area contributed by atoms with Crippen LogP contribution in [0.4, 0.5) is 16.2 Å². The van der Waals surface area contributed by atoms with E-state index in [-0.39, 0.29) is 12.1 Å². The maximum atomic E-state index is 12.1. The van der Waals surface area contributed by atoms with Crippen LogP contribution in [0, 0.1) is 0 Å². The number of carbonyl (C=O) groups excluding carboxylic acids is 1. The Morgan fingerprint density at radius 2 is 2.00 bits per heavy atom. The Hall–Kier alpha value is -2.11. The number of rotatable bonds is 4. The Labute approximate surface area is 149 Å². The van der Waals surface area contributed by atoms with Gasteiger partial charge in [-0.3, -0.25) is 0 Å². The van der Waals surface area contributed by atoms with Crippen LogP contribution >= 0.6 is 0 Å². The number of anilines is 2. The van der Waals surface area contributed by atoms with Gasteiger partial charge < -0.3 is 25.0 Å². The summed E-state index contributed by atoms with van der Waals surface area (Å²) in [6.45, 7) is 5.37. The molecule has 2 saturated heterocycles. The monoisotopic (exact) mass is 347 g/mol. The van der Waals surface area contributed by atoms with E-state index >= 15 is 0 Å². The largest absolute Gasteiger partial charge is 0.495 e. The zero-order chi connectivity index (χ0) is 17.8. The number of amides is 1. The zero-order valence-electron chi connectivity index (χ0n) is 15.3. The highest BCUT2D eigenvalue weighted by molar-refractivity contribution is 5.69. The minimum atomic E-state index is -0.139. The maximum absolute atomic E-state index is 12.1. The smallest absolute Gasteiger partial charge is 0.410 e. The molecular weight excluding hydrogens is 318 g/mol. The number of nitrogens with zero attached hydrogens (tertiary/aromatic N) is 2. The van der Waals surface area contributed by atoms with Crippen LogP contribution in [0.1, 0.15) is 38.2 Å². The van der Waals surface area contributed by atoms with E-state index in [1.807, 2.05) is 11.0 Å². The molecular formula is C19H29N3O3. The molecule has 0 bridgehead atoms. The molecule has 2 aliphatic rings. The number of piperidine rings is 1. The summed E-state index contributed by atoms with van der Waals surface area (Å²) in [5.74, 6) is 0.727. The first-order valence-corrected chi connectivity index (χ1v) is 9.28. The van der Waals surface area contributed by atoms with Crippen molar-refractivity contribution in [1.29, 1.82) is 0 Å². The first-order valence-electron chi connectivity index (χ1n) is 9.28. The van der Waals surface area contributed by atoms with E-state index in [4.69, 9.17) is 15.2 Å². The van der Waals surface area contributed by atoms with E-state index in [0.717, 1.165) is 57.5 Å². The normalized spacial score (nSPS) is 19.5. The molecule has 0 unspecified atom stereocenters. The number of nitrogens with two attached hydrogens (primary N) is 1. The molecule has 1 aromatic carbocycles. The molecule has 2 heterocycles. The minimum absolute atomic E-state index is 0.139. The lowest BCUT2D eigenvalue weighted by molar-refractivity contribution is 0.0946. The second kappa shape index (κ2) is 7.85. The van der Waals surface area contributed by atoms with Gasteiger partial charge in [0.25, 0.3) is 0 Å². The van der Waals surface area contributed by atoms with Gasteiger partial charge in [-0.15, -0.1) is 0 Å². The maximum Gasteiger partial charge on any atom is 0.410 e. The van der Waals surface area contributed by atoms with E-state index in [0.29, 0.717) is 12.3 Å². The molecule has 0 saturated carbocycles. The summed E-state index contributed by atoms with van der Waals surface area (Å²) in [5.41, 5.74) is 9.18. The zero-order valence-corrected chi connectivity index (χ0v) is 15.3. The predicted octanol–water partition coefficient (Wildman–Crippen LogP) is 3.04. The number of methoxy groups -OCH3 is 1. The van der Waals surface area contributed by atoms with Crippen molar-refractivity contribution < 1.29 is 14.3 Å². The molecule has 1 aromatic rings. The van der Waals surface area contributed by atoms with Gasteiger partial charge in [0, 0.05) is 37.4 Å². The van der Waals surface area contributed by atoms with Gasteiger partial charge in [0.2, 0.25) is 0 Å². The molecule has 0 aliphatic carbocycles. The number of cyclic esters (lactones) is 1. The first-order chi connectivity index (χ1) is 12.1. The summed E-state index contributed by atoms with van der Waals surface area (Å²) in [7, 11) is 1.65. The highest BCUT2D eigenvalue weighted by atomic mass is 16.6. The van der Waals surface area contributed by atoms with Crippen molar-refractivity contribution in [2.45, 2.75) is 45.1 Å². The lowest BCUT2D eigenvalue weighted by atomic mass is 10.00. The van der Waals surface area contributed by atoms with Crippen molar-refractivity contribution in [3.8, 4) is 5.75 Å². The summed E-state index contributed by atoms with van der Waals surface area (Å²) in [4.78, 5) is 16.5. The van der Waals surface area contributed by atoms with Crippen LogP contribution in [0.3, 0.4) is 0 Å². The van der Waals surface area contributed by atoms with Gasteiger partial charge in [0.15, 0.2) is 0 Å². The summed E-state index contributed by atoms with van der Waals surface area (Å²) >= 11 is 0. The van der Waals surface area contributed by atoms with Crippen molar-refractivity contribution >= 4 is 17.5 Å². The van der Waals surface area contributed by atoms with Gasteiger partial charge >= 0.3 is 6.09 Å². The third-order valence-corrected chi connectivity index (χ3v) is 5.31.